The molecule has 9 aromatic carbocycles. The number of rotatable bonds is 4. The molecule has 2 heterocycles. The summed E-state index contributed by atoms with van der Waals surface area (Å²) in [5.74, 6) is 0. The van der Waals surface area contributed by atoms with Crippen LogP contribution in [0.1, 0.15) is 0 Å². The standard InChI is InChI=1S/C52H32N2/c1-3-13-38-35(11-1)29-46(43-17-7-5-15-41(38)43)37-25-26-51-49(31-37)47(34-23-21-33(22-24-34)40-27-28-53-50-20-10-9-19-45(40)50)32-52(54-51)48-30-36-12-2-4-14-39(36)42-16-6-8-18-44(42)48/h1-32H. The number of hydrogen-bond acceptors (Lipinski definition) is 2. The van der Waals surface area contributed by atoms with Gasteiger partial charge >= 0.3 is 0 Å². The van der Waals surface area contributed by atoms with Gasteiger partial charge in [0.2, 0.25) is 0 Å². The van der Waals surface area contributed by atoms with Crippen LogP contribution in [0.25, 0.3) is 110 Å². The Balaban J connectivity index is 1.16. The molecule has 0 radical (unpaired) electrons. The number of aromatic nitrogens is 2. The molecule has 11 aromatic rings. The highest BCUT2D eigenvalue weighted by atomic mass is 14.7. The zero-order chi connectivity index (χ0) is 35.6. The van der Waals surface area contributed by atoms with Gasteiger partial charge in [-0.25, -0.2) is 4.98 Å². The Morgan fingerprint density at radius 3 is 1.46 bits per heavy atom. The first-order chi connectivity index (χ1) is 26.8. The molecular formula is C52H32N2. The SMILES string of the molecule is c1ccc2c(c1)cc(-c1ccc3nc(-c4cc5ccccc5c5ccccc45)cc(-c4ccc(-c5ccnc6ccccc56)cc4)c3c1)c1ccccc12. The monoisotopic (exact) mass is 684 g/mol. The number of pyridine rings is 2. The quantitative estimate of drug-likeness (QED) is 0.172. The summed E-state index contributed by atoms with van der Waals surface area (Å²) in [6.45, 7) is 0. The van der Waals surface area contributed by atoms with Crippen LogP contribution in [0.4, 0.5) is 0 Å². The topological polar surface area (TPSA) is 25.8 Å². The fraction of sp³-hybridized carbons (Fsp3) is 0. The van der Waals surface area contributed by atoms with Crippen LogP contribution in [0, 0.1) is 0 Å². The van der Waals surface area contributed by atoms with Gasteiger partial charge < -0.3 is 0 Å². The van der Waals surface area contributed by atoms with E-state index in [0.717, 1.165) is 44.2 Å². The molecule has 0 atom stereocenters. The molecule has 0 aliphatic heterocycles. The first-order valence-electron chi connectivity index (χ1n) is 18.5. The van der Waals surface area contributed by atoms with Crippen molar-refractivity contribution in [2.45, 2.75) is 0 Å². The molecule has 0 saturated carbocycles. The average Bonchev–Trinajstić information content (AvgIpc) is 3.25. The van der Waals surface area contributed by atoms with Crippen LogP contribution in [0.15, 0.2) is 194 Å². The van der Waals surface area contributed by atoms with Gasteiger partial charge in [-0.15, -0.1) is 0 Å². The van der Waals surface area contributed by atoms with E-state index in [0.29, 0.717) is 0 Å². The van der Waals surface area contributed by atoms with E-state index in [9.17, 15) is 0 Å². The van der Waals surface area contributed by atoms with Crippen molar-refractivity contribution in [1.29, 1.82) is 0 Å². The van der Waals surface area contributed by atoms with Gasteiger partial charge in [0.15, 0.2) is 0 Å². The first-order valence-corrected chi connectivity index (χ1v) is 18.5. The summed E-state index contributed by atoms with van der Waals surface area (Å²) in [7, 11) is 0. The molecular weight excluding hydrogens is 653 g/mol. The lowest BCUT2D eigenvalue weighted by molar-refractivity contribution is 1.41. The molecule has 0 bridgehead atoms. The lowest BCUT2D eigenvalue weighted by atomic mass is 9.90. The van der Waals surface area contributed by atoms with Gasteiger partial charge in [-0.05, 0) is 119 Å². The number of benzene rings is 9. The first kappa shape index (κ1) is 30.5. The molecule has 0 N–H and O–H groups in total. The van der Waals surface area contributed by atoms with Crippen LogP contribution in [0.5, 0.6) is 0 Å². The van der Waals surface area contributed by atoms with Gasteiger partial charge in [0.1, 0.15) is 0 Å². The number of fused-ring (bicyclic) bond motifs is 8. The third kappa shape index (κ3) is 4.88. The van der Waals surface area contributed by atoms with Crippen LogP contribution in [0.2, 0.25) is 0 Å². The lowest BCUT2D eigenvalue weighted by Gasteiger charge is -2.16. The highest BCUT2D eigenvalue weighted by molar-refractivity contribution is 6.16. The van der Waals surface area contributed by atoms with Crippen molar-refractivity contribution < 1.29 is 0 Å². The van der Waals surface area contributed by atoms with Crippen LogP contribution in [-0.2, 0) is 0 Å². The average molecular weight is 685 g/mol. The van der Waals surface area contributed by atoms with E-state index in [-0.39, 0.29) is 0 Å². The van der Waals surface area contributed by atoms with Crippen LogP contribution < -0.4 is 0 Å². The Morgan fingerprint density at radius 2 is 0.778 bits per heavy atom. The number of nitrogens with zero attached hydrogens (tertiary/aromatic N) is 2. The molecule has 2 aromatic heterocycles. The van der Waals surface area contributed by atoms with E-state index >= 15 is 0 Å². The molecule has 0 spiro atoms. The Morgan fingerprint density at radius 1 is 0.278 bits per heavy atom. The normalized spacial score (nSPS) is 11.7. The summed E-state index contributed by atoms with van der Waals surface area (Å²) in [4.78, 5) is 10.0. The number of hydrogen-bond donors (Lipinski definition) is 0. The van der Waals surface area contributed by atoms with Crippen molar-refractivity contribution in [2.24, 2.45) is 0 Å². The molecule has 0 saturated heterocycles. The molecule has 0 unspecified atom stereocenters. The summed E-state index contributed by atoms with van der Waals surface area (Å²) in [6, 6.07) is 68.1. The van der Waals surface area contributed by atoms with E-state index in [4.69, 9.17) is 4.98 Å². The van der Waals surface area contributed by atoms with E-state index in [2.05, 4.69) is 187 Å². The minimum absolute atomic E-state index is 0.965. The van der Waals surface area contributed by atoms with Crippen molar-refractivity contribution in [2.75, 3.05) is 0 Å². The largest absolute Gasteiger partial charge is 0.256 e. The third-order valence-corrected chi connectivity index (χ3v) is 11.1. The second-order valence-corrected chi connectivity index (χ2v) is 14.1. The zero-order valence-corrected chi connectivity index (χ0v) is 29.4. The number of para-hydroxylation sites is 1. The molecule has 54 heavy (non-hydrogen) atoms. The minimum Gasteiger partial charge on any atom is -0.256 e. The highest BCUT2D eigenvalue weighted by Crippen LogP contribution is 2.41. The maximum Gasteiger partial charge on any atom is 0.0722 e. The summed E-state index contributed by atoms with van der Waals surface area (Å²) in [5.41, 5.74) is 11.1. The predicted molar refractivity (Wildman–Crippen MR) is 229 cm³/mol. The Kier molecular flexibility index (Phi) is 6.90. The predicted octanol–water partition coefficient (Wildman–Crippen LogP) is 14.1. The maximum absolute atomic E-state index is 5.43. The van der Waals surface area contributed by atoms with Gasteiger partial charge in [0.05, 0.1) is 16.7 Å². The Hall–Kier alpha value is -7.16. The molecule has 0 fully saturated rings. The summed E-state index contributed by atoms with van der Waals surface area (Å²) in [6.07, 6.45) is 1.90. The van der Waals surface area contributed by atoms with Crippen molar-refractivity contribution in [3.8, 4) is 44.6 Å². The van der Waals surface area contributed by atoms with Gasteiger partial charge in [0, 0.05) is 22.5 Å². The van der Waals surface area contributed by atoms with Crippen molar-refractivity contribution in [3.05, 3.63) is 194 Å². The van der Waals surface area contributed by atoms with Crippen LogP contribution in [0.3, 0.4) is 0 Å². The fourth-order valence-corrected chi connectivity index (χ4v) is 8.51. The van der Waals surface area contributed by atoms with E-state index < -0.39 is 0 Å². The van der Waals surface area contributed by atoms with Gasteiger partial charge in [-0.3, -0.25) is 4.98 Å². The molecule has 0 aliphatic rings. The molecule has 2 nitrogen and oxygen atoms in total. The summed E-state index contributed by atoms with van der Waals surface area (Å²) < 4.78 is 0. The second-order valence-electron chi connectivity index (χ2n) is 14.1. The molecule has 0 amide bonds. The van der Waals surface area contributed by atoms with E-state index in [1.165, 1.54) is 65.3 Å². The van der Waals surface area contributed by atoms with E-state index in [1.54, 1.807) is 0 Å². The van der Waals surface area contributed by atoms with Crippen molar-refractivity contribution in [3.63, 3.8) is 0 Å². The van der Waals surface area contributed by atoms with Gasteiger partial charge in [-0.1, -0.05) is 146 Å². The summed E-state index contributed by atoms with van der Waals surface area (Å²) >= 11 is 0. The molecule has 0 aliphatic carbocycles. The van der Waals surface area contributed by atoms with Gasteiger partial charge in [0.25, 0.3) is 0 Å². The van der Waals surface area contributed by atoms with Crippen LogP contribution >= 0.6 is 0 Å². The second kappa shape index (κ2) is 12.2. The van der Waals surface area contributed by atoms with E-state index in [1.807, 2.05) is 12.3 Å². The lowest BCUT2D eigenvalue weighted by Crippen LogP contribution is -1.93. The zero-order valence-electron chi connectivity index (χ0n) is 29.4. The van der Waals surface area contributed by atoms with Crippen molar-refractivity contribution in [1.82, 2.24) is 9.97 Å². The minimum atomic E-state index is 0.965. The van der Waals surface area contributed by atoms with Crippen LogP contribution in [-0.4, -0.2) is 9.97 Å². The Bertz CT molecular complexity index is 3260. The molecule has 11 rings (SSSR count). The Labute approximate surface area is 312 Å². The van der Waals surface area contributed by atoms with Gasteiger partial charge in [-0.2, -0.15) is 0 Å². The fourth-order valence-electron chi connectivity index (χ4n) is 8.51. The molecule has 2 heteroatoms. The van der Waals surface area contributed by atoms with Crippen molar-refractivity contribution >= 4 is 64.9 Å². The third-order valence-electron chi connectivity index (χ3n) is 11.1. The maximum atomic E-state index is 5.43. The highest BCUT2D eigenvalue weighted by Gasteiger charge is 2.16. The summed E-state index contributed by atoms with van der Waals surface area (Å²) in [5, 5.41) is 12.2. The smallest absolute Gasteiger partial charge is 0.0722 e. The molecule has 250 valence electrons.